The van der Waals surface area contributed by atoms with Crippen LogP contribution in [0.5, 0.6) is 0 Å². The fourth-order valence-electron chi connectivity index (χ4n) is 1.47. The molecule has 96 valence electrons. The van der Waals surface area contributed by atoms with Crippen molar-refractivity contribution in [1.82, 2.24) is 5.32 Å². The Labute approximate surface area is 112 Å². The Morgan fingerprint density at radius 1 is 1.50 bits per heavy atom. The standard InChI is InChI=1S/C13H17N3OS/c1-3-7-15-13(17)9-16-11-5-4-6-12(18-2)10(11)8-14/h4-6,16H,3,7,9H2,1-2H3,(H,15,17). The van der Waals surface area contributed by atoms with Crippen molar-refractivity contribution in [3.05, 3.63) is 23.8 Å². The smallest absolute Gasteiger partial charge is 0.239 e. The first kappa shape index (κ1) is 14.4. The molecule has 0 saturated heterocycles. The van der Waals surface area contributed by atoms with Crippen molar-refractivity contribution in [3.63, 3.8) is 0 Å². The summed E-state index contributed by atoms with van der Waals surface area (Å²) in [5.74, 6) is -0.0599. The summed E-state index contributed by atoms with van der Waals surface area (Å²) >= 11 is 1.52. The monoisotopic (exact) mass is 263 g/mol. The number of nitrogens with zero attached hydrogens (tertiary/aromatic N) is 1. The largest absolute Gasteiger partial charge is 0.375 e. The van der Waals surface area contributed by atoms with E-state index in [-0.39, 0.29) is 12.5 Å². The molecular weight excluding hydrogens is 246 g/mol. The van der Waals surface area contributed by atoms with E-state index in [9.17, 15) is 4.79 Å². The molecule has 18 heavy (non-hydrogen) atoms. The zero-order valence-corrected chi connectivity index (χ0v) is 11.4. The van der Waals surface area contributed by atoms with Crippen molar-refractivity contribution < 1.29 is 4.79 Å². The van der Waals surface area contributed by atoms with Crippen LogP contribution >= 0.6 is 11.8 Å². The first-order valence-corrected chi connectivity index (χ1v) is 7.03. The molecule has 0 unspecified atom stereocenters. The van der Waals surface area contributed by atoms with Gasteiger partial charge in [0.05, 0.1) is 17.8 Å². The number of anilines is 1. The lowest BCUT2D eigenvalue weighted by Crippen LogP contribution is -2.30. The average Bonchev–Trinajstić information content (AvgIpc) is 2.41. The van der Waals surface area contributed by atoms with Crippen LogP contribution in [0.25, 0.3) is 0 Å². The fraction of sp³-hybridized carbons (Fsp3) is 0.385. The second kappa shape index (κ2) is 7.62. The van der Waals surface area contributed by atoms with Gasteiger partial charge in [0.1, 0.15) is 6.07 Å². The number of nitriles is 1. The van der Waals surface area contributed by atoms with Gasteiger partial charge in [-0.05, 0) is 24.8 Å². The van der Waals surface area contributed by atoms with Crippen molar-refractivity contribution >= 4 is 23.4 Å². The average molecular weight is 263 g/mol. The van der Waals surface area contributed by atoms with Crippen LogP contribution in [-0.2, 0) is 4.79 Å². The van der Waals surface area contributed by atoms with E-state index in [1.165, 1.54) is 11.8 Å². The molecule has 0 bridgehead atoms. The lowest BCUT2D eigenvalue weighted by molar-refractivity contribution is -0.119. The zero-order chi connectivity index (χ0) is 13.4. The third kappa shape index (κ3) is 3.97. The Kier molecular flexibility index (Phi) is 6.09. The van der Waals surface area contributed by atoms with Gasteiger partial charge in [-0.3, -0.25) is 4.79 Å². The maximum Gasteiger partial charge on any atom is 0.239 e. The Hall–Kier alpha value is -1.67. The molecule has 1 amide bonds. The van der Waals surface area contributed by atoms with Crippen LogP contribution in [0.15, 0.2) is 23.1 Å². The van der Waals surface area contributed by atoms with Crippen molar-refractivity contribution in [1.29, 1.82) is 5.26 Å². The van der Waals surface area contributed by atoms with E-state index in [4.69, 9.17) is 5.26 Å². The highest BCUT2D eigenvalue weighted by molar-refractivity contribution is 7.98. The summed E-state index contributed by atoms with van der Waals surface area (Å²) in [4.78, 5) is 12.4. The lowest BCUT2D eigenvalue weighted by Gasteiger charge is -2.10. The maximum atomic E-state index is 11.5. The van der Waals surface area contributed by atoms with Crippen molar-refractivity contribution in [2.45, 2.75) is 18.2 Å². The topological polar surface area (TPSA) is 64.9 Å². The number of amides is 1. The zero-order valence-electron chi connectivity index (χ0n) is 10.6. The molecule has 0 radical (unpaired) electrons. The van der Waals surface area contributed by atoms with Crippen LogP contribution in [0.4, 0.5) is 5.69 Å². The SMILES string of the molecule is CCCNC(=O)CNc1cccc(SC)c1C#N. The minimum atomic E-state index is -0.0599. The van der Waals surface area contributed by atoms with Crippen LogP contribution in [-0.4, -0.2) is 25.3 Å². The highest BCUT2D eigenvalue weighted by Gasteiger charge is 2.08. The molecule has 1 rings (SSSR count). The fourth-order valence-corrected chi connectivity index (χ4v) is 2.04. The van der Waals surface area contributed by atoms with Crippen LogP contribution in [0.3, 0.4) is 0 Å². The molecule has 0 aliphatic carbocycles. The van der Waals surface area contributed by atoms with Gasteiger partial charge in [-0.25, -0.2) is 0 Å². The maximum absolute atomic E-state index is 11.5. The second-order valence-electron chi connectivity index (χ2n) is 3.70. The van der Waals surface area contributed by atoms with Gasteiger partial charge < -0.3 is 10.6 Å². The predicted octanol–water partition coefficient (Wildman–Crippen LogP) is 2.22. The van der Waals surface area contributed by atoms with E-state index in [1.54, 1.807) is 0 Å². The van der Waals surface area contributed by atoms with Gasteiger partial charge in [-0.15, -0.1) is 11.8 Å². The molecule has 0 aliphatic heterocycles. The molecule has 0 spiro atoms. The third-order valence-electron chi connectivity index (χ3n) is 2.37. The first-order chi connectivity index (χ1) is 8.72. The van der Waals surface area contributed by atoms with Crippen molar-refractivity contribution in [2.75, 3.05) is 24.7 Å². The van der Waals surface area contributed by atoms with Gasteiger partial charge in [0.15, 0.2) is 0 Å². The van der Waals surface area contributed by atoms with Gasteiger partial charge in [0, 0.05) is 11.4 Å². The molecule has 0 saturated carbocycles. The number of rotatable bonds is 6. The van der Waals surface area contributed by atoms with Gasteiger partial charge >= 0.3 is 0 Å². The summed E-state index contributed by atoms with van der Waals surface area (Å²) in [5.41, 5.74) is 1.30. The quantitative estimate of drug-likeness (QED) is 0.772. The molecule has 2 N–H and O–H groups in total. The summed E-state index contributed by atoms with van der Waals surface area (Å²) in [7, 11) is 0. The van der Waals surface area contributed by atoms with Crippen molar-refractivity contribution in [3.8, 4) is 6.07 Å². The molecule has 1 aromatic rings. The van der Waals surface area contributed by atoms with Gasteiger partial charge in [-0.1, -0.05) is 13.0 Å². The molecule has 1 aromatic carbocycles. The van der Waals surface area contributed by atoms with Crippen LogP contribution in [0.1, 0.15) is 18.9 Å². The normalized spacial score (nSPS) is 9.61. The molecule has 0 atom stereocenters. The number of benzene rings is 1. The minimum absolute atomic E-state index is 0.0599. The number of nitrogens with one attached hydrogen (secondary N) is 2. The number of carbonyl (C=O) groups is 1. The molecular formula is C13H17N3OS. The summed E-state index contributed by atoms with van der Waals surface area (Å²) in [5, 5.41) is 14.9. The van der Waals surface area contributed by atoms with E-state index >= 15 is 0 Å². The highest BCUT2D eigenvalue weighted by atomic mass is 32.2. The first-order valence-electron chi connectivity index (χ1n) is 5.80. The highest BCUT2D eigenvalue weighted by Crippen LogP contribution is 2.25. The molecule has 0 heterocycles. The summed E-state index contributed by atoms with van der Waals surface area (Å²) in [6, 6.07) is 7.75. The van der Waals surface area contributed by atoms with E-state index in [0.29, 0.717) is 17.8 Å². The molecule has 0 aliphatic rings. The summed E-state index contributed by atoms with van der Waals surface area (Å²) in [6.45, 7) is 2.87. The summed E-state index contributed by atoms with van der Waals surface area (Å²) < 4.78 is 0. The minimum Gasteiger partial charge on any atom is -0.375 e. The van der Waals surface area contributed by atoms with Crippen molar-refractivity contribution in [2.24, 2.45) is 0 Å². The number of carbonyl (C=O) groups excluding carboxylic acids is 1. The lowest BCUT2D eigenvalue weighted by atomic mass is 10.2. The predicted molar refractivity (Wildman–Crippen MR) is 74.7 cm³/mol. The van der Waals surface area contributed by atoms with Crippen LogP contribution in [0, 0.1) is 11.3 Å². The van der Waals surface area contributed by atoms with E-state index in [0.717, 1.165) is 11.3 Å². The van der Waals surface area contributed by atoms with Crippen LogP contribution < -0.4 is 10.6 Å². The van der Waals surface area contributed by atoms with Gasteiger partial charge in [0.2, 0.25) is 5.91 Å². The van der Waals surface area contributed by atoms with E-state index in [1.807, 2.05) is 31.4 Å². The van der Waals surface area contributed by atoms with Gasteiger partial charge in [-0.2, -0.15) is 5.26 Å². The number of thioether (sulfide) groups is 1. The second-order valence-corrected chi connectivity index (χ2v) is 4.55. The Bertz CT molecular complexity index is 454. The Balaban J connectivity index is 2.68. The molecule has 0 fully saturated rings. The molecule has 0 aromatic heterocycles. The number of hydrogen-bond acceptors (Lipinski definition) is 4. The van der Waals surface area contributed by atoms with E-state index in [2.05, 4.69) is 16.7 Å². The van der Waals surface area contributed by atoms with Crippen LogP contribution in [0.2, 0.25) is 0 Å². The van der Waals surface area contributed by atoms with E-state index < -0.39 is 0 Å². The van der Waals surface area contributed by atoms with Gasteiger partial charge in [0.25, 0.3) is 0 Å². The molecule has 4 nitrogen and oxygen atoms in total. The number of hydrogen-bond donors (Lipinski definition) is 2. The Morgan fingerprint density at radius 3 is 2.89 bits per heavy atom. The Morgan fingerprint density at radius 2 is 2.28 bits per heavy atom. The summed E-state index contributed by atoms with van der Waals surface area (Å²) in [6.07, 6.45) is 2.84. The third-order valence-corrected chi connectivity index (χ3v) is 3.15. The molecule has 5 heteroatoms.